The molecule has 13 aromatic carbocycles. The molecule has 0 unspecified atom stereocenters. The molecule has 0 heterocycles. The molecule has 2 aliphatic rings. The summed E-state index contributed by atoms with van der Waals surface area (Å²) in [7, 11) is 0. The molecule has 2 aliphatic carbocycles. The van der Waals surface area contributed by atoms with E-state index in [1.807, 2.05) is 0 Å². The molecule has 0 aromatic heterocycles. The van der Waals surface area contributed by atoms with Gasteiger partial charge in [-0.25, -0.2) is 0 Å². The quantitative estimate of drug-likeness (QED) is 0.146. The lowest BCUT2D eigenvalue weighted by Crippen LogP contribution is -1.98. The van der Waals surface area contributed by atoms with E-state index in [0.717, 1.165) is 0 Å². The van der Waals surface area contributed by atoms with E-state index in [2.05, 4.69) is 255 Å². The van der Waals surface area contributed by atoms with Gasteiger partial charge in [0.05, 0.1) is 0 Å². The molecule has 0 atom stereocenters. The predicted molar refractivity (Wildman–Crippen MR) is 298 cm³/mol. The Balaban J connectivity index is 1.16. The van der Waals surface area contributed by atoms with Crippen LogP contribution in [0.5, 0.6) is 0 Å². The van der Waals surface area contributed by atoms with Gasteiger partial charge in [0.2, 0.25) is 0 Å². The molecule has 0 spiro atoms. The summed E-state index contributed by atoms with van der Waals surface area (Å²) in [5.41, 5.74) is 25.1. The van der Waals surface area contributed by atoms with Gasteiger partial charge in [0.1, 0.15) is 0 Å². The van der Waals surface area contributed by atoms with Crippen molar-refractivity contribution >= 4 is 43.1 Å². The van der Waals surface area contributed by atoms with Gasteiger partial charge in [0.25, 0.3) is 0 Å². The molecule has 0 fully saturated rings. The molecule has 322 valence electrons. The zero-order valence-electron chi connectivity index (χ0n) is 38.2. The molecule has 0 saturated carbocycles. The van der Waals surface area contributed by atoms with Crippen LogP contribution in [0.3, 0.4) is 0 Å². The van der Waals surface area contributed by atoms with Crippen LogP contribution in [0, 0.1) is 0 Å². The molecule has 0 amide bonds. The van der Waals surface area contributed by atoms with Gasteiger partial charge in [-0.15, -0.1) is 0 Å². The highest BCUT2D eigenvalue weighted by atomic mass is 14.4. The zero-order chi connectivity index (χ0) is 45.9. The van der Waals surface area contributed by atoms with Gasteiger partial charge in [-0.2, -0.15) is 0 Å². The maximum Gasteiger partial charge on any atom is -0.000717 e. The van der Waals surface area contributed by atoms with Crippen molar-refractivity contribution in [1.82, 2.24) is 0 Å². The fourth-order valence-electron chi connectivity index (χ4n) is 12.3. The Kier molecular flexibility index (Phi) is 8.46. The summed E-state index contributed by atoms with van der Waals surface area (Å²) in [6.45, 7) is 0. The second-order valence-electron chi connectivity index (χ2n) is 19.0. The Morgan fingerprint density at radius 2 is 0.586 bits per heavy atom. The van der Waals surface area contributed by atoms with Gasteiger partial charge in [-0.05, 0) is 185 Å². The highest BCUT2D eigenvalue weighted by Gasteiger charge is 2.36. The van der Waals surface area contributed by atoms with E-state index in [0.29, 0.717) is 0 Å². The maximum atomic E-state index is 2.51. The minimum atomic E-state index is 1.20. The normalized spacial score (nSPS) is 12.0. The first-order valence-corrected chi connectivity index (χ1v) is 24.4. The Bertz CT molecular complexity index is 4260. The summed E-state index contributed by atoms with van der Waals surface area (Å²) in [6, 6.07) is 95.4. The van der Waals surface area contributed by atoms with Gasteiger partial charge in [0.15, 0.2) is 0 Å². The van der Waals surface area contributed by atoms with Crippen LogP contribution >= 0.6 is 0 Å². The SMILES string of the molecule is c1ccc(-c2cccc(-c3c4c(c(-c5cccc(-c6ccccc6)c5)c5c(-c6ccccc6-c6ccccc6)c6ccccc6cc35)-c3ccc5c6c(ccc-4c36)-c3cc4ccccc4cc3-5)c2)cc1. The molecule has 0 radical (unpaired) electrons. The van der Waals surface area contributed by atoms with E-state index in [-0.39, 0.29) is 0 Å². The van der Waals surface area contributed by atoms with Gasteiger partial charge in [-0.3, -0.25) is 0 Å². The number of hydrogen-bond acceptors (Lipinski definition) is 0. The van der Waals surface area contributed by atoms with Gasteiger partial charge in [-0.1, -0.05) is 224 Å². The monoisotopic (exact) mass is 882 g/mol. The largest absolute Gasteiger partial charge is 0.0622 e. The third-order valence-corrected chi connectivity index (χ3v) is 15.3. The van der Waals surface area contributed by atoms with Crippen molar-refractivity contribution in [3.63, 3.8) is 0 Å². The lowest BCUT2D eigenvalue weighted by atomic mass is 9.77. The summed E-state index contributed by atoms with van der Waals surface area (Å²) in [5.74, 6) is 0. The molecular weight excluding hydrogens is 841 g/mol. The lowest BCUT2D eigenvalue weighted by molar-refractivity contribution is 1.58. The first-order valence-electron chi connectivity index (χ1n) is 24.4. The molecule has 0 heteroatoms. The van der Waals surface area contributed by atoms with E-state index in [4.69, 9.17) is 0 Å². The van der Waals surface area contributed by atoms with Crippen molar-refractivity contribution in [3.05, 3.63) is 255 Å². The fourth-order valence-corrected chi connectivity index (χ4v) is 12.3. The molecule has 0 N–H and O–H groups in total. The zero-order valence-corrected chi connectivity index (χ0v) is 38.2. The second-order valence-corrected chi connectivity index (χ2v) is 19.0. The third kappa shape index (κ3) is 5.71. The van der Waals surface area contributed by atoms with Crippen molar-refractivity contribution in [3.8, 4) is 111 Å². The molecule has 0 aliphatic heterocycles. The Labute approximate surface area is 407 Å². The standard InChI is InChI=1S/C70H42/c1-4-18-43(19-5-1)46-27-16-29-51(38-46)63-62-42-50-26-12-13-32-54(50)65(55-33-15-14-31-53(55)45-22-8-3-9-23-45)70(62)64(52-30-17-28-47(39-52)44-20-6-2-7-21-44)69-59-37-35-57-61-41-49-25-11-10-24-48(49)40-60(61)56-34-36-58(68(63)69)67(59)66(56)57/h1-42H. The van der Waals surface area contributed by atoms with Crippen molar-refractivity contribution in [2.24, 2.45) is 0 Å². The van der Waals surface area contributed by atoms with Crippen molar-refractivity contribution in [2.45, 2.75) is 0 Å². The van der Waals surface area contributed by atoms with Crippen LogP contribution < -0.4 is 0 Å². The highest BCUT2D eigenvalue weighted by Crippen LogP contribution is 2.63. The van der Waals surface area contributed by atoms with Crippen LogP contribution in [0.4, 0.5) is 0 Å². The van der Waals surface area contributed by atoms with Crippen LogP contribution in [0.25, 0.3) is 154 Å². The number of rotatable bonds is 6. The average Bonchev–Trinajstić information content (AvgIpc) is 3.93. The van der Waals surface area contributed by atoms with Crippen molar-refractivity contribution in [2.75, 3.05) is 0 Å². The number of fused-ring (bicyclic) bond motifs is 9. The smallest absolute Gasteiger partial charge is 0.000717 e. The molecular formula is C70H42. The van der Waals surface area contributed by atoms with Crippen LogP contribution in [-0.2, 0) is 0 Å². The van der Waals surface area contributed by atoms with Crippen molar-refractivity contribution < 1.29 is 0 Å². The first-order chi connectivity index (χ1) is 34.7. The van der Waals surface area contributed by atoms with Gasteiger partial charge < -0.3 is 0 Å². The maximum absolute atomic E-state index is 2.51. The lowest BCUT2D eigenvalue weighted by Gasteiger charge is -2.25. The number of hydrogen-bond donors (Lipinski definition) is 0. The summed E-state index contributed by atoms with van der Waals surface area (Å²) >= 11 is 0. The summed E-state index contributed by atoms with van der Waals surface area (Å²) < 4.78 is 0. The summed E-state index contributed by atoms with van der Waals surface area (Å²) in [6.07, 6.45) is 0. The first kappa shape index (κ1) is 38.9. The average molecular weight is 883 g/mol. The van der Waals surface area contributed by atoms with E-state index >= 15 is 0 Å². The topological polar surface area (TPSA) is 0 Å². The van der Waals surface area contributed by atoms with Gasteiger partial charge >= 0.3 is 0 Å². The van der Waals surface area contributed by atoms with Gasteiger partial charge in [0, 0.05) is 0 Å². The molecule has 0 saturated heterocycles. The molecule has 0 nitrogen and oxygen atoms in total. The van der Waals surface area contributed by atoms with Crippen LogP contribution in [-0.4, -0.2) is 0 Å². The van der Waals surface area contributed by atoms with E-state index in [9.17, 15) is 0 Å². The highest BCUT2D eigenvalue weighted by molar-refractivity contribution is 6.35. The summed E-state index contributed by atoms with van der Waals surface area (Å²) in [5, 5.41) is 10.2. The molecule has 15 rings (SSSR count). The molecule has 13 aromatic rings. The third-order valence-electron chi connectivity index (χ3n) is 15.3. The second kappa shape index (κ2) is 15.2. The van der Waals surface area contributed by atoms with Crippen LogP contribution in [0.1, 0.15) is 0 Å². The van der Waals surface area contributed by atoms with Crippen LogP contribution in [0.2, 0.25) is 0 Å². The molecule has 70 heavy (non-hydrogen) atoms. The Morgan fingerprint density at radius 1 is 0.157 bits per heavy atom. The minimum Gasteiger partial charge on any atom is -0.0622 e. The Hall–Kier alpha value is -9.10. The molecule has 0 bridgehead atoms. The Morgan fingerprint density at radius 3 is 1.19 bits per heavy atom. The minimum absolute atomic E-state index is 1.20. The van der Waals surface area contributed by atoms with Crippen molar-refractivity contribution in [1.29, 1.82) is 0 Å². The summed E-state index contributed by atoms with van der Waals surface area (Å²) in [4.78, 5) is 0. The van der Waals surface area contributed by atoms with Crippen LogP contribution in [0.15, 0.2) is 255 Å². The van der Waals surface area contributed by atoms with E-state index in [1.165, 1.54) is 154 Å². The predicted octanol–water partition coefficient (Wildman–Crippen LogP) is 19.6. The van der Waals surface area contributed by atoms with E-state index < -0.39 is 0 Å². The number of benzene rings is 13. The van der Waals surface area contributed by atoms with E-state index in [1.54, 1.807) is 0 Å². The fraction of sp³-hybridized carbons (Fsp3) is 0.